The molecule has 1 aliphatic carbocycles. The Morgan fingerprint density at radius 2 is 2.12 bits per heavy atom. The van der Waals surface area contributed by atoms with E-state index in [9.17, 15) is 0 Å². The molecule has 94 valence electrons. The summed E-state index contributed by atoms with van der Waals surface area (Å²) in [6.45, 7) is 5.20. The molecule has 1 saturated carbocycles. The molecule has 1 N–H and O–H groups in total. The van der Waals surface area contributed by atoms with Gasteiger partial charge in [0.05, 0.1) is 10.7 Å². The maximum Gasteiger partial charge on any atom is 0.0642 e. The Morgan fingerprint density at radius 3 is 2.71 bits per heavy atom. The fourth-order valence-electron chi connectivity index (χ4n) is 2.06. The minimum atomic E-state index is 0.494. The zero-order valence-corrected chi connectivity index (χ0v) is 11.6. The van der Waals surface area contributed by atoms with Crippen molar-refractivity contribution in [3.63, 3.8) is 0 Å². The van der Waals surface area contributed by atoms with E-state index in [-0.39, 0.29) is 0 Å². The van der Waals surface area contributed by atoms with Crippen LogP contribution in [-0.2, 0) is 6.54 Å². The largest absolute Gasteiger partial charge is 0.370 e. The van der Waals surface area contributed by atoms with Crippen LogP contribution in [0.3, 0.4) is 0 Å². The van der Waals surface area contributed by atoms with E-state index in [0.717, 1.165) is 11.6 Å². The molecule has 3 heteroatoms. The van der Waals surface area contributed by atoms with Gasteiger partial charge in [-0.2, -0.15) is 0 Å². The van der Waals surface area contributed by atoms with Crippen LogP contribution in [0, 0.1) is 0 Å². The molecule has 1 aromatic rings. The predicted octanol–water partition coefficient (Wildman–Crippen LogP) is 3.44. The van der Waals surface area contributed by atoms with Gasteiger partial charge in [-0.25, -0.2) is 0 Å². The summed E-state index contributed by atoms with van der Waals surface area (Å²) in [5.41, 5.74) is 2.49. The molecule has 0 amide bonds. The summed E-state index contributed by atoms with van der Waals surface area (Å²) >= 11 is 6.34. The van der Waals surface area contributed by atoms with Crippen LogP contribution in [0.1, 0.15) is 32.3 Å². The summed E-state index contributed by atoms with van der Waals surface area (Å²) in [7, 11) is 2.15. The lowest BCUT2D eigenvalue weighted by molar-refractivity contribution is 0.588. The molecule has 1 aromatic carbocycles. The average molecular weight is 253 g/mol. The molecular formula is C14H21ClN2. The van der Waals surface area contributed by atoms with Crippen LogP contribution >= 0.6 is 11.6 Å². The van der Waals surface area contributed by atoms with Crippen molar-refractivity contribution in [2.24, 2.45) is 0 Å². The Labute approximate surface area is 109 Å². The molecule has 1 fully saturated rings. The van der Waals surface area contributed by atoms with E-state index in [1.165, 1.54) is 24.1 Å². The lowest BCUT2D eigenvalue weighted by Gasteiger charge is -2.24. The molecule has 0 aromatic heterocycles. The summed E-state index contributed by atoms with van der Waals surface area (Å²) in [6, 6.07) is 7.36. The Balaban J connectivity index is 2.20. The summed E-state index contributed by atoms with van der Waals surface area (Å²) in [5, 5.41) is 4.32. The third kappa shape index (κ3) is 3.14. The first kappa shape index (κ1) is 12.7. The highest BCUT2D eigenvalue weighted by Crippen LogP contribution is 2.36. The summed E-state index contributed by atoms with van der Waals surface area (Å²) < 4.78 is 0. The average Bonchev–Trinajstić information content (AvgIpc) is 3.09. The predicted molar refractivity (Wildman–Crippen MR) is 74.9 cm³/mol. The normalized spacial score (nSPS) is 15.4. The van der Waals surface area contributed by atoms with Gasteiger partial charge in [-0.15, -0.1) is 0 Å². The molecule has 0 atom stereocenters. The standard InChI is InChI=1S/C14H21ClN2/c1-10(2)16-9-11-5-4-6-13(15)14(11)17(3)12-7-8-12/h4-6,10,12,16H,7-9H2,1-3H3. The van der Waals surface area contributed by atoms with E-state index in [0.29, 0.717) is 12.1 Å². The molecule has 0 aliphatic heterocycles. The maximum atomic E-state index is 6.34. The fourth-order valence-corrected chi connectivity index (χ4v) is 2.38. The van der Waals surface area contributed by atoms with Crippen LogP contribution in [-0.4, -0.2) is 19.1 Å². The summed E-state index contributed by atoms with van der Waals surface area (Å²) in [6.07, 6.45) is 2.58. The Morgan fingerprint density at radius 1 is 1.41 bits per heavy atom. The summed E-state index contributed by atoms with van der Waals surface area (Å²) in [4.78, 5) is 2.33. The van der Waals surface area contributed by atoms with Crippen LogP contribution in [0.5, 0.6) is 0 Å². The van der Waals surface area contributed by atoms with Crippen molar-refractivity contribution in [3.8, 4) is 0 Å². The van der Waals surface area contributed by atoms with Gasteiger partial charge in [-0.3, -0.25) is 0 Å². The zero-order valence-electron chi connectivity index (χ0n) is 10.8. The monoisotopic (exact) mass is 252 g/mol. The second-order valence-electron chi connectivity index (χ2n) is 5.13. The van der Waals surface area contributed by atoms with Gasteiger partial charge in [0.2, 0.25) is 0 Å². The van der Waals surface area contributed by atoms with Gasteiger partial charge in [-0.1, -0.05) is 37.6 Å². The molecule has 0 radical (unpaired) electrons. The second-order valence-corrected chi connectivity index (χ2v) is 5.53. The fraction of sp³-hybridized carbons (Fsp3) is 0.571. The first-order chi connectivity index (χ1) is 8.09. The van der Waals surface area contributed by atoms with E-state index >= 15 is 0 Å². The van der Waals surface area contributed by atoms with Crippen LogP contribution < -0.4 is 10.2 Å². The van der Waals surface area contributed by atoms with Crippen molar-refractivity contribution >= 4 is 17.3 Å². The van der Waals surface area contributed by atoms with Crippen molar-refractivity contribution in [2.45, 2.75) is 45.3 Å². The Bertz CT molecular complexity index is 386. The number of hydrogen-bond donors (Lipinski definition) is 1. The van der Waals surface area contributed by atoms with Gasteiger partial charge in [0.25, 0.3) is 0 Å². The SMILES string of the molecule is CC(C)NCc1cccc(Cl)c1N(C)C1CC1. The number of halogens is 1. The number of hydrogen-bond acceptors (Lipinski definition) is 2. The number of rotatable bonds is 5. The maximum absolute atomic E-state index is 6.34. The van der Waals surface area contributed by atoms with Gasteiger partial charge in [-0.05, 0) is 24.5 Å². The van der Waals surface area contributed by atoms with E-state index in [2.05, 4.69) is 37.2 Å². The highest BCUT2D eigenvalue weighted by molar-refractivity contribution is 6.33. The third-order valence-electron chi connectivity index (χ3n) is 3.22. The number of para-hydroxylation sites is 1. The molecule has 1 aliphatic rings. The topological polar surface area (TPSA) is 15.3 Å². The van der Waals surface area contributed by atoms with Crippen molar-refractivity contribution < 1.29 is 0 Å². The molecule has 2 rings (SSSR count). The van der Waals surface area contributed by atoms with Gasteiger partial charge in [0.1, 0.15) is 0 Å². The molecule has 17 heavy (non-hydrogen) atoms. The number of benzene rings is 1. The quantitative estimate of drug-likeness (QED) is 0.864. The van der Waals surface area contributed by atoms with Gasteiger partial charge in [0, 0.05) is 25.7 Å². The molecule has 0 heterocycles. The molecule has 0 bridgehead atoms. The smallest absolute Gasteiger partial charge is 0.0642 e. The van der Waals surface area contributed by atoms with Crippen molar-refractivity contribution in [3.05, 3.63) is 28.8 Å². The van der Waals surface area contributed by atoms with E-state index in [1.54, 1.807) is 0 Å². The Kier molecular flexibility index (Phi) is 3.95. The molecule has 0 saturated heterocycles. The first-order valence-electron chi connectivity index (χ1n) is 6.33. The van der Waals surface area contributed by atoms with Crippen LogP contribution in [0.25, 0.3) is 0 Å². The van der Waals surface area contributed by atoms with Crippen molar-refractivity contribution in [1.29, 1.82) is 0 Å². The minimum absolute atomic E-state index is 0.494. The molecule has 0 spiro atoms. The highest BCUT2D eigenvalue weighted by atomic mass is 35.5. The van der Waals surface area contributed by atoms with E-state index in [4.69, 9.17) is 11.6 Å². The first-order valence-corrected chi connectivity index (χ1v) is 6.71. The number of anilines is 1. The number of nitrogens with one attached hydrogen (secondary N) is 1. The van der Waals surface area contributed by atoms with E-state index in [1.807, 2.05) is 12.1 Å². The highest BCUT2D eigenvalue weighted by Gasteiger charge is 2.28. The van der Waals surface area contributed by atoms with E-state index < -0.39 is 0 Å². The van der Waals surface area contributed by atoms with Crippen molar-refractivity contribution in [2.75, 3.05) is 11.9 Å². The summed E-state index contributed by atoms with van der Waals surface area (Å²) in [5.74, 6) is 0. The van der Waals surface area contributed by atoms with Gasteiger partial charge < -0.3 is 10.2 Å². The van der Waals surface area contributed by atoms with Gasteiger partial charge in [0.15, 0.2) is 0 Å². The lowest BCUT2D eigenvalue weighted by Crippen LogP contribution is -2.26. The van der Waals surface area contributed by atoms with Crippen LogP contribution in [0.2, 0.25) is 5.02 Å². The van der Waals surface area contributed by atoms with Crippen LogP contribution in [0.4, 0.5) is 5.69 Å². The molecule has 0 unspecified atom stereocenters. The Hall–Kier alpha value is -0.730. The van der Waals surface area contributed by atoms with Crippen LogP contribution in [0.15, 0.2) is 18.2 Å². The van der Waals surface area contributed by atoms with Crippen molar-refractivity contribution in [1.82, 2.24) is 5.32 Å². The number of nitrogens with zero attached hydrogens (tertiary/aromatic N) is 1. The van der Waals surface area contributed by atoms with Gasteiger partial charge >= 0.3 is 0 Å². The molecular weight excluding hydrogens is 232 g/mol. The lowest BCUT2D eigenvalue weighted by atomic mass is 10.1. The third-order valence-corrected chi connectivity index (χ3v) is 3.52. The zero-order chi connectivity index (χ0) is 12.4. The minimum Gasteiger partial charge on any atom is -0.370 e. The molecule has 2 nitrogen and oxygen atoms in total. The second kappa shape index (κ2) is 5.28.